The van der Waals surface area contributed by atoms with Crippen molar-refractivity contribution < 1.29 is 28.0 Å². The normalized spacial score (nSPS) is 13.2. The summed E-state index contributed by atoms with van der Waals surface area (Å²) >= 11 is 0.671. The van der Waals surface area contributed by atoms with E-state index in [1.807, 2.05) is 0 Å². The number of hydrogen-bond donors (Lipinski definition) is 1. The molecule has 0 radical (unpaired) electrons. The first-order valence-corrected chi connectivity index (χ1v) is 6.67. The predicted molar refractivity (Wildman–Crippen MR) is 70.2 cm³/mol. The minimum atomic E-state index is -4.70. The van der Waals surface area contributed by atoms with Crippen molar-refractivity contribution in [1.29, 1.82) is 0 Å². The van der Waals surface area contributed by atoms with Crippen LogP contribution in [0.5, 0.6) is 0 Å². The van der Waals surface area contributed by atoms with E-state index in [9.17, 15) is 28.1 Å². The number of thioether (sulfide) groups is 1. The van der Waals surface area contributed by atoms with Crippen molar-refractivity contribution in [2.45, 2.75) is 30.2 Å². The SMILES string of the molecule is CC(C)C(Sc1ccc(C(F)(F)F)cc1[N+](=O)[O-])C(=O)O. The molecule has 0 spiro atoms. The molecule has 9 heteroatoms. The fourth-order valence-electron chi connectivity index (χ4n) is 1.54. The number of carboxylic acid groups (broad SMARTS) is 1. The Bertz CT molecular complexity index is 560. The van der Waals surface area contributed by atoms with Crippen molar-refractivity contribution in [3.05, 3.63) is 33.9 Å². The molecule has 1 aromatic rings. The van der Waals surface area contributed by atoms with E-state index >= 15 is 0 Å². The lowest BCUT2D eigenvalue weighted by molar-refractivity contribution is -0.388. The molecule has 21 heavy (non-hydrogen) atoms. The van der Waals surface area contributed by atoms with Crippen molar-refractivity contribution in [1.82, 2.24) is 0 Å². The summed E-state index contributed by atoms with van der Waals surface area (Å²) in [4.78, 5) is 20.9. The number of nitro groups is 1. The highest BCUT2D eigenvalue weighted by molar-refractivity contribution is 8.00. The molecule has 0 aromatic heterocycles. The third kappa shape index (κ3) is 4.35. The van der Waals surface area contributed by atoms with Crippen LogP contribution in [0, 0.1) is 16.0 Å². The fourth-order valence-corrected chi connectivity index (χ4v) is 2.59. The molecule has 0 amide bonds. The van der Waals surface area contributed by atoms with Crippen LogP contribution in [0.25, 0.3) is 0 Å². The molecule has 1 atom stereocenters. The molecular weight excluding hydrogens is 311 g/mol. The van der Waals surface area contributed by atoms with Gasteiger partial charge in [-0.2, -0.15) is 13.2 Å². The lowest BCUT2D eigenvalue weighted by Crippen LogP contribution is -2.22. The van der Waals surface area contributed by atoms with Gasteiger partial charge in [0.1, 0.15) is 5.25 Å². The molecule has 0 heterocycles. The number of carbonyl (C=O) groups is 1. The summed E-state index contributed by atoms with van der Waals surface area (Å²) in [7, 11) is 0. The third-order valence-corrected chi connectivity index (χ3v) is 4.18. The van der Waals surface area contributed by atoms with Crippen LogP contribution in [-0.4, -0.2) is 21.2 Å². The first-order chi connectivity index (χ1) is 9.54. The average Bonchev–Trinajstić information content (AvgIpc) is 2.33. The number of benzene rings is 1. The zero-order chi connectivity index (χ0) is 16.4. The maximum atomic E-state index is 12.6. The summed E-state index contributed by atoms with van der Waals surface area (Å²) in [5, 5.41) is 19.0. The van der Waals surface area contributed by atoms with Gasteiger partial charge in [-0.1, -0.05) is 13.8 Å². The van der Waals surface area contributed by atoms with E-state index in [0.29, 0.717) is 23.9 Å². The smallest absolute Gasteiger partial charge is 0.416 e. The van der Waals surface area contributed by atoms with Crippen LogP contribution in [0.3, 0.4) is 0 Å². The van der Waals surface area contributed by atoms with Crippen LogP contribution in [0.15, 0.2) is 23.1 Å². The van der Waals surface area contributed by atoms with Crippen LogP contribution < -0.4 is 0 Å². The van der Waals surface area contributed by atoms with Crippen LogP contribution in [0.4, 0.5) is 18.9 Å². The van der Waals surface area contributed by atoms with Gasteiger partial charge in [0.15, 0.2) is 0 Å². The minimum absolute atomic E-state index is 0.103. The maximum absolute atomic E-state index is 12.6. The molecular formula is C12H12F3NO4S. The van der Waals surface area contributed by atoms with E-state index in [-0.39, 0.29) is 10.8 Å². The summed E-state index contributed by atoms with van der Waals surface area (Å²) in [5.74, 6) is -1.52. The van der Waals surface area contributed by atoms with Crippen molar-refractivity contribution in [2.24, 2.45) is 5.92 Å². The van der Waals surface area contributed by atoms with E-state index in [2.05, 4.69) is 0 Å². The Morgan fingerprint density at radius 3 is 2.33 bits per heavy atom. The fraction of sp³-hybridized carbons (Fsp3) is 0.417. The maximum Gasteiger partial charge on any atom is 0.416 e. The van der Waals surface area contributed by atoms with E-state index in [4.69, 9.17) is 5.11 Å². The van der Waals surface area contributed by atoms with Crippen molar-refractivity contribution in [3.8, 4) is 0 Å². The number of aliphatic carboxylic acids is 1. The van der Waals surface area contributed by atoms with Gasteiger partial charge in [0.25, 0.3) is 5.69 Å². The van der Waals surface area contributed by atoms with Crippen molar-refractivity contribution in [2.75, 3.05) is 0 Å². The summed E-state index contributed by atoms with van der Waals surface area (Å²) in [6.45, 7) is 3.23. The highest BCUT2D eigenvalue weighted by atomic mass is 32.2. The number of nitrogens with zero attached hydrogens (tertiary/aromatic N) is 1. The lowest BCUT2D eigenvalue weighted by Gasteiger charge is -2.16. The second-order valence-electron chi connectivity index (χ2n) is 4.56. The quantitative estimate of drug-likeness (QED) is 0.506. The minimum Gasteiger partial charge on any atom is -0.480 e. The lowest BCUT2D eigenvalue weighted by atomic mass is 10.1. The van der Waals surface area contributed by atoms with Gasteiger partial charge in [0.05, 0.1) is 15.4 Å². The Labute approximate surface area is 122 Å². The highest BCUT2D eigenvalue weighted by Crippen LogP contribution is 2.39. The molecule has 5 nitrogen and oxygen atoms in total. The van der Waals surface area contributed by atoms with E-state index < -0.39 is 33.6 Å². The van der Waals surface area contributed by atoms with Gasteiger partial charge < -0.3 is 5.11 Å². The van der Waals surface area contributed by atoms with Gasteiger partial charge in [0, 0.05) is 6.07 Å². The Morgan fingerprint density at radius 1 is 1.38 bits per heavy atom. The van der Waals surface area contributed by atoms with Crippen molar-refractivity contribution >= 4 is 23.4 Å². The molecule has 0 fully saturated rings. The van der Waals surface area contributed by atoms with Gasteiger partial charge in [-0.05, 0) is 18.1 Å². The number of carboxylic acids is 1. The second kappa shape index (κ2) is 6.33. The van der Waals surface area contributed by atoms with Gasteiger partial charge in [-0.15, -0.1) is 11.8 Å². The van der Waals surface area contributed by atoms with Gasteiger partial charge in [0.2, 0.25) is 0 Å². The molecule has 1 N–H and O–H groups in total. The molecule has 116 valence electrons. The summed E-state index contributed by atoms with van der Waals surface area (Å²) in [6, 6.07) is 2.06. The molecule has 0 saturated heterocycles. The van der Waals surface area contributed by atoms with Crippen LogP contribution >= 0.6 is 11.8 Å². The first kappa shape index (κ1) is 17.3. The molecule has 0 bridgehead atoms. The van der Waals surface area contributed by atoms with Crippen LogP contribution in [-0.2, 0) is 11.0 Å². The average molecular weight is 323 g/mol. The standard InChI is InChI=1S/C12H12F3NO4S/c1-6(2)10(11(17)18)21-9-4-3-7(12(13,14)15)5-8(9)16(19)20/h3-6,10H,1-2H3,(H,17,18). The Kier molecular flexibility index (Phi) is 5.21. The van der Waals surface area contributed by atoms with E-state index in [1.165, 1.54) is 0 Å². The number of hydrogen-bond acceptors (Lipinski definition) is 4. The molecule has 0 aliphatic rings. The first-order valence-electron chi connectivity index (χ1n) is 5.79. The molecule has 0 aliphatic carbocycles. The summed E-state index contributed by atoms with van der Waals surface area (Å²) < 4.78 is 37.7. The number of rotatable bonds is 5. The van der Waals surface area contributed by atoms with Gasteiger partial charge in [-0.3, -0.25) is 14.9 Å². The monoisotopic (exact) mass is 323 g/mol. The van der Waals surface area contributed by atoms with E-state index in [0.717, 1.165) is 6.07 Å². The number of halogens is 3. The topological polar surface area (TPSA) is 80.4 Å². The molecule has 0 saturated carbocycles. The molecule has 1 rings (SSSR count). The number of nitro benzene ring substituents is 1. The molecule has 0 aliphatic heterocycles. The Hall–Kier alpha value is -1.77. The van der Waals surface area contributed by atoms with E-state index in [1.54, 1.807) is 13.8 Å². The second-order valence-corrected chi connectivity index (χ2v) is 5.74. The van der Waals surface area contributed by atoms with Crippen molar-refractivity contribution in [3.63, 3.8) is 0 Å². The van der Waals surface area contributed by atoms with Gasteiger partial charge >= 0.3 is 12.1 Å². The van der Waals surface area contributed by atoms with Gasteiger partial charge in [-0.25, -0.2) is 0 Å². The Morgan fingerprint density at radius 2 is 1.95 bits per heavy atom. The predicted octanol–water partition coefficient (Wildman–Crippen LogP) is 3.81. The summed E-state index contributed by atoms with van der Waals surface area (Å²) in [5.41, 5.74) is -1.89. The molecule has 1 aromatic carbocycles. The zero-order valence-corrected chi connectivity index (χ0v) is 11.9. The third-order valence-electron chi connectivity index (χ3n) is 2.59. The highest BCUT2D eigenvalue weighted by Gasteiger charge is 2.34. The Balaban J connectivity index is 3.24. The largest absolute Gasteiger partial charge is 0.480 e. The van der Waals surface area contributed by atoms with Crippen LogP contribution in [0.2, 0.25) is 0 Å². The number of alkyl halides is 3. The summed E-state index contributed by atoms with van der Waals surface area (Å²) in [6.07, 6.45) is -4.70. The zero-order valence-electron chi connectivity index (χ0n) is 11.0. The molecule has 1 unspecified atom stereocenters. The van der Waals surface area contributed by atoms with Crippen LogP contribution in [0.1, 0.15) is 19.4 Å².